The van der Waals surface area contributed by atoms with E-state index < -0.39 is 0 Å². The highest BCUT2D eigenvalue weighted by molar-refractivity contribution is 7.12. The first kappa shape index (κ1) is 11.0. The first-order chi connectivity index (χ1) is 7.81. The summed E-state index contributed by atoms with van der Waals surface area (Å²) < 4.78 is 0. The molecular formula is C13H13NOS. The molecule has 0 aliphatic rings. The maximum Gasteiger partial charge on any atom is 0.177 e. The molecule has 1 aromatic carbocycles. The molecule has 3 heteroatoms. The van der Waals surface area contributed by atoms with E-state index in [4.69, 9.17) is 5.73 Å². The Morgan fingerprint density at radius 2 is 1.88 bits per heavy atom. The zero-order chi connectivity index (χ0) is 11.4. The SMILES string of the molecule is NCc1ccccc1CC(=O)c1cccs1. The third-order valence-electron chi connectivity index (χ3n) is 2.49. The molecule has 0 aliphatic carbocycles. The number of hydrogen-bond acceptors (Lipinski definition) is 3. The van der Waals surface area contributed by atoms with Gasteiger partial charge in [0.25, 0.3) is 0 Å². The molecule has 0 saturated heterocycles. The van der Waals surface area contributed by atoms with Crippen LogP contribution in [0.1, 0.15) is 20.8 Å². The third kappa shape index (κ3) is 2.38. The van der Waals surface area contributed by atoms with E-state index >= 15 is 0 Å². The van der Waals surface area contributed by atoms with Crippen molar-refractivity contribution < 1.29 is 4.79 Å². The summed E-state index contributed by atoms with van der Waals surface area (Å²) in [7, 11) is 0. The first-order valence-electron chi connectivity index (χ1n) is 5.15. The normalized spacial score (nSPS) is 10.3. The van der Waals surface area contributed by atoms with Crippen molar-refractivity contribution in [3.8, 4) is 0 Å². The Bertz CT molecular complexity index is 476. The summed E-state index contributed by atoms with van der Waals surface area (Å²) in [4.78, 5) is 12.7. The number of carbonyl (C=O) groups is 1. The average molecular weight is 231 g/mol. The third-order valence-corrected chi connectivity index (χ3v) is 3.40. The monoisotopic (exact) mass is 231 g/mol. The number of thiophene rings is 1. The molecule has 0 saturated carbocycles. The van der Waals surface area contributed by atoms with Gasteiger partial charge in [0.05, 0.1) is 4.88 Å². The predicted molar refractivity (Wildman–Crippen MR) is 66.7 cm³/mol. The van der Waals surface area contributed by atoms with E-state index in [1.807, 2.05) is 41.8 Å². The summed E-state index contributed by atoms with van der Waals surface area (Å²) >= 11 is 1.48. The summed E-state index contributed by atoms with van der Waals surface area (Å²) in [6.07, 6.45) is 0.438. The predicted octanol–water partition coefficient (Wildman–Crippen LogP) is 2.63. The Balaban J connectivity index is 2.18. The quantitative estimate of drug-likeness (QED) is 0.822. The molecule has 0 spiro atoms. The second kappa shape index (κ2) is 5.05. The molecule has 1 aromatic heterocycles. The van der Waals surface area contributed by atoms with Crippen LogP contribution in [0.2, 0.25) is 0 Å². The number of carbonyl (C=O) groups excluding carboxylic acids is 1. The van der Waals surface area contributed by atoms with E-state index in [0.29, 0.717) is 13.0 Å². The summed E-state index contributed by atoms with van der Waals surface area (Å²) in [6.45, 7) is 0.480. The van der Waals surface area contributed by atoms with Crippen LogP contribution in [0.4, 0.5) is 0 Å². The van der Waals surface area contributed by atoms with Gasteiger partial charge in [-0.15, -0.1) is 11.3 Å². The van der Waals surface area contributed by atoms with Gasteiger partial charge in [0.15, 0.2) is 5.78 Å². The van der Waals surface area contributed by atoms with Gasteiger partial charge in [-0.3, -0.25) is 4.79 Å². The van der Waals surface area contributed by atoms with Gasteiger partial charge in [-0.1, -0.05) is 30.3 Å². The van der Waals surface area contributed by atoms with Crippen molar-refractivity contribution in [3.05, 3.63) is 57.8 Å². The second-order valence-electron chi connectivity index (χ2n) is 3.55. The number of ketones is 1. The van der Waals surface area contributed by atoms with Crippen molar-refractivity contribution in [3.63, 3.8) is 0 Å². The van der Waals surface area contributed by atoms with E-state index in [1.54, 1.807) is 0 Å². The molecule has 0 unspecified atom stereocenters. The van der Waals surface area contributed by atoms with Crippen LogP contribution < -0.4 is 5.73 Å². The molecule has 2 aromatic rings. The number of rotatable bonds is 4. The number of hydrogen-bond donors (Lipinski definition) is 1. The number of benzene rings is 1. The van der Waals surface area contributed by atoms with Gasteiger partial charge in [0.2, 0.25) is 0 Å². The van der Waals surface area contributed by atoms with Crippen molar-refractivity contribution in [2.45, 2.75) is 13.0 Å². The van der Waals surface area contributed by atoms with Gasteiger partial charge in [-0.05, 0) is 22.6 Å². The van der Waals surface area contributed by atoms with E-state index in [9.17, 15) is 4.79 Å². The van der Waals surface area contributed by atoms with Crippen LogP contribution in [0.15, 0.2) is 41.8 Å². The molecular weight excluding hydrogens is 218 g/mol. The van der Waals surface area contributed by atoms with Gasteiger partial charge in [0, 0.05) is 13.0 Å². The van der Waals surface area contributed by atoms with Crippen LogP contribution in [0.25, 0.3) is 0 Å². The fraction of sp³-hybridized carbons (Fsp3) is 0.154. The lowest BCUT2D eigenvalue weighted by molar-refractivity contribution is 0.0996. The molecule has 0 fully saturated rings. The lowest BCUT2D eigenvalue weighted by atomic mass is 10.0. The fourth-order valence-electron chi connectivity index (χ4n) is 1.63. The minimum Gasteiger partial charge on any atom is -0.326 e. The lowest BCUT2D eigenvalue weighted by Gasteiger charge is -2.05. The second-order valence-corrected chi connectivity index (χ2v) is 4.50. The maximum absolute atomic E-state index is 11.9. The molecule has 2 N–H and O–H groups in total. The Hall–Kier alpha value is -1.45. The van der Waals surface area contributed by atoms with Crippen molar-refractivity contribution in [2.24, 2.45) is 5.73 Å². The molecule has 0 bridgehead atoms. The molecule has 1 heterocycles. The largest absolute Gasteiger partial charge is 0.326 e. The van der Waals surface area contributed by atoms with Crippen LogP contribution >= 0.6 is 11.3 Å². The minimum absolute atomic E-state index is 0.163. The maximum atomic E-state index is 11.9. The van der Waals surface area contributed by atoms with E-state index in [0.717, 1.165) is 16.0 Å². The van der Waals surface area contributed by atoms with Gasteiger partial charge in [-0.2, -0.15) is 0 Å². The first-order valence-corrected chi connectivity index (χ1v) is 6.03. The summed E-state index contributed by atoms with van der Waals surface area (Å²) in [5, 5.41) is 1.92. The molecule has 0 radical (unpaired) electrons. The summed E-state index contributed by atoms with van der Waals surface area (Å²) in [5.41, 5.74) is 7.72. The smallest absolute Gasteiger partial charge is 0.177 e. The molecule has 0 atom stereocenters. The Kier molecular flexibility index (Phi) is 3.49. The van der Waals surface area contributed by atoms with Crippen molar-refractivity contribution >= 4 is 17.1 Å². The molecule has 16 heavy (non-hydrogen) atoms. The van der Waals surface area contributed by atoms with Crippen molar-refractivity contribution in [1.82, 2.24) is 0 Å². The molecule has 0 aliphatic heterocycles. The van der Waals surface area contributed by atoms with E-state index in [-0.39, 0.29) is 5.78 Å². The Morgan fingerprint density at radius 1 is 1.12 bits per heavy atom. The summed E-state index contributed by atoms with van der Waals surface area (Å²) in [6, 6.07) is 11.6. The van der Waals surface area contributed by atoms with Crippen LogP contribution in [0, 0.1) is 0 Å². The molecule has 0 amide bonds. The van der Waals surface area contributed by atoms with Gasteiger partial charge in [-0.25, -0.2) is 0 Å². The molecule has 2 rings (SSSR count). The lowest BCUT2D eigenvalue weighted by Crippen LogP contribution is -2.06. The molecule has 82 valence electrons. The Labute approximate surface area is 98.7 Å². The van der Waals surface area contributed by atoms with Crippen molar-refractivity contribution in [2.75, 3.05) is 0 Å². The van der Waals surface area contributed by atoms with Crippen LogP contribution in [-0.2, 0) is 13.0 Å². The van der Waals surface area contributed by atoms with Gasteiger partial charge < -0.3 is 5.73 Å². The van der Waals surface area contributed by atoms with Crippen molar-refractivity contribution in [1.29, 1.82) is 0 Å². The van der Waals surface area contributed by atoms with E-state index in [2.05, 4.69) is 0 Å². The summed E-state index contributed by atoms with van der Waals surface area (Å²) in [5.74, 6) is 0.163. The van der Waals surface area contributed by atoms with Gasteiger partial charge >= 0.3 is 0 Å². The fourth-order valence-corrected chi connectivity index (χ4v) is 2.29. The topological polar surface area (TPSA) is 43.1 Å². The minimum atomic E-state index is 0.163. The average Bonchev–Trinajstić information content (AvgIpc) is 2.83. The zero-order valence-corrected chi connectivity index (χ0v) is 9.67. The molecule has 2 nitrogen and oxygen atoms in total. The van der Waals surface area contributed by atoms with Crippen LogP contribution in [0.5, 0.6) is 0 Å². The van der Waals surface area contributed by atoms with Gasteiger partial charge in [0.1, 0.15) is 0 Å². The highest BCUT2D eigenvalue weighted by Crippen LogP contribution is 2.15. The number of nitrogens with two attached hydrogens (primary N) is 1. The van der Waals surface area contributed by atoms with E-state index in [1.165, 1.54) is 11.3 Å². The van der Waals surface area contributed by atoms with Crippen LogP contribution in [0.3, 0.4) is 0 Å². The van der Waals surface area contributed by atoms with Crippen LogP contribution in [-0.4, -0.2) is 5.78 Å². The Morgan fingerprint density at radius 3 is 2.50 bits per heavy atom. The number of Topliss-reactive ketones (excluding diaryl/α,β-unsaturated/α-hetero) is 1. The zero-order valence-electron chi connectivity index (χ0n) is 8.85. The highest BCUT2D eigenvalue weighted by Gasteiger charge is 2.09. The highest BCUT2D eigenvalue weighted by atomic mass is 32.1. The standard InChI is InChI=1S/C13H13NOS/c14-9-11-5-2-1-4-10(11)8-12(15)13-6-3-7-16-13/h1-7H,8-9,14H2.